The highest BCUT2D eigenvalue weighted by Gasteiger charge is 2.31. The van der Waals surface area contributed by atoms with Crippen LogP contribution in [0.25, 0.3) is 0 Å². The van der Waals surface area contributed by atoms with Gasteiger partial charge in [0, 0.05) is 12.0 Å². The molecule has 10 heavy (non-hydrogen) atoms. The van der Waals surface area contributed by atoms with Crippen LogP contribution < -0.4 is 0 Å². The second kappa shape index (κ2) is 1.99. The summed E-state index contributed by atoms with van der Waals surface area (Å²) in [6.07, 6.45) is 0.720. The fraction of sp³-hybridized carbons (Fsp3) is 0.500. The molecule has 0 atom stereocenters. The summed E-state index contributed by atoms with van der Waals surface area (Å²) in [4.78, 5) is 10.2. The number of ether oxygens (including phenoxy) is 1. The molecule has 2 heteroatoms. The molecule has 0 saturated carbocycles. The summed E-state index contributed by atoms with van der Waals surface area (Å²) in [6, 6.07) is 0. The first-order valence-electron chi connectivity index (χ1n) is 3.17. The first-order chi connectivity index (χ1) is 4.55. The molecule has 1 saturated heterocycles. The maximum absolute atomic E-state index is 10.2. The summed E-state index contributed by atoms with van der Waals surface area (Å²) in [6.45, 7) is 7.52. The lowest BCUT2D eigenvalue weighted by atomic mass is 10.0. The summed E-state index contributed by atoms with van der Waals surface area (Å²) in [5.74, 6) is 2.00. The van der Waals surface area contributed by atoms with E-state index in [0.717, 1.165) is 12.0 Å². The molecule has 0 aromatic rings. The first kappa shape index (κ1) is 7.10. The lowest BCUT2D eigenvalue weighted by Crippen LogP contribution is -2.15. The molecule has 0 aromatic heterocycles. The van der Waals surface area contributed by atoms with Crippen molar-refractivity contribution < 1.29 is 9.53 Å². The number of allylic oxidation sites excluding steroid dienone is 1. The van der Waals surface area contributed by atoms with Gasteiger partial charge in [0.1, 0.15) is 5.60 Å². The average molecular weight is 138 g/mol. The van der Waals surface area contributed by atoms with Gasteiger partial charge in [-0.2, -0.15) is 0 Å². The van der Waals surface area contributed by atoms with E-state index in [1.807, 2.05) is 13.8 Å². The zero-order chi connectivity index (χ0) is 7.78. The van der Waals surface area contributed by atoms with E-state index in [-0.39, 0.29) is 11.4 Å². The van der Waals surface area contributed by atoms with Gasteiger partial charge in [0.05, 0.1) is 0 Å². The van der Waals surface area contributed by atoms with Crippen LogP contribution in [0.2, 0.25) is 0 Å². The van der Waals surface area contributed by atoms with Crippen molar-refractivity contribution in [2.45, 2.75) is 25.9 Å². The van der Waals surface area contributed by atoms with Gasteiger partial charge in [-0.1, -0.05) is 6.58 Å². The Balaban J connectivity index is 2.91. The quantitative estimate of drug-likeness (QED) is 0.474. The third kappa shape index (κ3) is 1.12. The van der Waals surface area contributed by atoms with Crippen LogP contribution in [0.15, 0.2) is 17.9 Å². The molecule has 0 radical (unpaired) electrons. The van der Waals surface area contributed by atoms with E-state index in [1.165, 1.54) is 0 Å². The van der Waals surface area contributed by atoms with E-state index in [1.54, 1.807) is 5.94 Å². The fourth-order valence-electron chi connectivity index (χ4n) is 1.07. The summed E-state index contributed by atoms with van der Waals surface area (Å²) < 4.78 is 5.20. The van der Waals surface area contributed by atoms with Crippen LogP contribution in [0.3, 0.4) is 0 Å². The van der Waals surface area contributed by atoms with Gasteiger partial charge in [0.2, 0.25) is 5.76 Å². The van der Waals surface area contributed by atoms with E-state index in [4.69, 9.17) is 4.74 Å². The Morgan fingerprint density at radius 2 is 2.30 bits per heavy atom. The van der Waals surface area contributed by atoms with Crippen LogP contribution in [0.5, 0.6) is 0 Å². The molecule has 0 N–H and O–H groups in total. The van der Waals surface area contributed by atoms with Crippen molar-refractivity contribution in [1.82, 2.24) is 0 Å². The van der Waals surface area contributed by atoms with Crippen LogP contribution in [0.1, 0.15) is 20.3 Å². The van der Waals surface area contributed by atoms with Crippen molar-refractivity contribution in [2.75, 3.05) is 0 Å². The number of carbonyl (C=O) groups excluding carboxylic acids is 1. The van der Waals surface area contributed by atoms with E-state index in [2.05, 4.69) is 6.58 Å². The summed E-state index contributed by atoms with van der Waals surface area (Å²) >= 11 is 0. The van der Waals surface area contributed by atoms with E-state index in [9.17, 15) is 4.79 Å². The Morgan fingerprint density at radius 3 is 2.50 bits per heavy atom. The molecule has 0 spiro atoms. The normalized spacial score (nSPS) is 22.2. The summed E-state index contributed by atoms with van der Waals surface area (Å²) in [7, 11) is 0. The molecule has 0 unspecified atom stereocenters. The number of rotatable bonds is 0. The monoisotopic (exact) mass is 138 g/mol. The standard InChI is InChI=1S/C8H10O2/c1-6-4-8(2,3)10-7(6)5-9/h1,4H2,2-3H3. The Morgan fingerprint density at radius 1 is 1.70 bits per heavy atom. The zero-order valence-electron chi connectivity index (χ0n) is 6.23. The molecule has 1 aliphatic heterocycles. The van der Waals surface area contributed by atoms with E-state index in [0.29, 0.717) is 0 Å². The van der Waals surface area contributed by atoms with Crippen LogP contribution >= 0.6 is 0 Å². The molecule has 54 valence electrons. The van der Waals surface area contributed by atoms with Gasteiger partial charge >= 0.3 is 0 Å². The Labute approximate surface area is 60.2 Å². The predicted molar refractivity (Wildman–Crippen MR) is 38.1 cm³/mol. The Bertz CT molecular complexity index is 219. The Kier molecular flexibility index (Phi) is 1.42. The number of hydrogen-bond donors (Lipinski definition) is 0. The van der Waals surface area contributed by atoms with Gasteiger partial charge < -0.3 is 4.74 Å². The van der Waals surface area contributed by atoms with Gasteiger partial charge in [0.15, 0.2) is 5.94 Å². The molecular weight excluding hydrogens is 128 g/mol. The third-order valence-corrected chi connectivity index (χ3v) is 1.43. The SMILES string of the molecule is C=C1CC(C)(C)OC1=C=O. The number of hydrogen-bond acceptors (Lipinski definition) is 2. The van der Waals surface area contributed by atoms with Crippen LogP contribution in [0, 0.1) is 0 Å². The highest BCUT2D eigenvalue weighted by molar-refractivity contribution is 5.58. The van der Waals surface area contributed by atoms with Gasteiger partial charge in [-0.25, -0.2) is 4.79 Å². The van der Waals surface area contributed by atoms with Crippen LogP contribution in [-0.4, -0.2) is 11.5 Å². The van der Waals surface area contributed by atoms with Crippen molar-refractivity contribution in [2.24, 2.45) is 0 Å². The molecule has 0 bridgehead atoms. The molecule has 0 aromatic carbocycles. The van der Waals surface area contributed by atoms with Gasteiger partial charge in [0.25, 0.3) is 0 Å². The second-order valence-corrected chi connectivity index (χ2v) is 3.07. The summed E-state index contributed by atoms with van der Waals surface area (Å²) in [5.41, 5.74) is 0.490. The van der Waals surface area contributed by atoms with Gasteiger partial charge in [-0.3, -0.25) is 0 Å². The smallest absolute Gasteiger partial charge is 0.206 e. The van der Waals surface area contributed by atoms with Crippen molar-refractivity contribution in [1.29, 1.82) is 0 Å². The average Bonchev–Trinajstić information content (AvgIpc) is 2.05. The molecule has 1 fully saturated rings. The topological polar surface area (TPSA) is 26.3 Å². The molecule has 2 nitrogen and oxygen atoms in total. The highest BCUT2D eigenvalue weighted by Crippen LogP contribution is 2.33. The fourth-order valence-corrected chi connectivity index (χ4v) is 1.07. The minimum absolute atomic E-state index is 0.260. The minimum Gasteiger partial charge on any atom is -0.477 e. The largest absolute Gasteiger partial charge is 0.477 e. The predicted octanol–water partition coefficient (Wildman–Crippen LogP) is 1.46. The molecule has 1 aliphatic rings. The van der Waals surface area contributed by atoms with E-state index >= 15 is 0 Å². The maximum Gasteiger partial charge on any atom is 0.206 e. The van der Waals surface area contributed by atoms with Crippen LogP contribution in [-0.2, 0) is 9.53 Å². The molecular formula is C8H10O2. The molecule has 0 amide bonds. The van der Waals surface area contributed by atoms with Crippen LogP contribution in [0.4, 0.5) is 0 Å². The van der Waals surface area contributed by atoms with Crippen molar-refractivity contribution in [3.05, 3.63) is 17.9 Å². The lowest BCUT2D eigenvalue weighted by Gasteiger charge is -2.14. The molecule has 1 heterocycles. The second-order valence-electron chi connectivity index (χ2n) is 3.07. The molecule has 1 rings (SSSR count). The van der Waals surface area contributed by atoms with E-state index < -0.39 is 0 Å². The molecule has 0 aliphatic carbocycles. The van der Waals surface area contributed by atoms with Gasteiger partial charge in [-0.15, -0.1) is 0 Å². The Hall–Kier alpha value is -1.01. The van der Waals surface area contributed by atoms with Crippen molar-refractivity contribution >= 4 is 5.94 Å². The summed E-state index contributed by atoms with van der Waals surface area (Å²) in [5, 5.41) is 0. The maximum atomic E-state index is 10.2. The van der Waals surface area contributed by atoms with Crippen molar-refractivity contribution in [3.8, 4) is 0 Å². The highest BCUT2D eigenvalue weighted by atomic mass is 16.5. The lowest BCUT2D eigenvalue weighted by molar-refractivity contribution is 0.0786. The third-order valence-electron chi connectivity index (χ3n) is 1.43. The minimum atomic E-state index is -0.260. The van der Waals surface area contributed by atoms with Crippen molar-refractivity contribution in [3.63, 3.8) is 0 Å². The first-order valence-corrected chi connectivity index (χ1v) is 3.17. The zero-order valence-corrected chi connectivity index (χ0v) is 6.23. The van der Waals surface area contributed by atoms with Gasteiger partial charge in [-0.05, 0) is 13.8 Å².